The first-order valence-corrected chi connectivity index (χ1v) is 12.9. The first kappa shape index (κ1) is 23.2. The van der Waals surface area contributed by atoms with Gasteiger partial charge in [0.15, 0.2) is 6.79 Å². The Balaban J connectivity index is 1.61. The first-order chi connectivity index (χ1) is 15.7. The highest BCUT2D eigenvalue weighted by Crippen LogP contribution is 2.30. The summed E-state index contributed by atoms with van der Waals surface area (Å²) in [4.78, 5) is 2.62. The van der Waals surface area contributed by atoms with Gasteiger partial charge in [-0.05, 0) is 73.6 Å². The molecule has 0 saturated carbocycles. The molecule has 2 atom stereocenters. The van der Waals surface area contributed by atoms with Crippen LogP contribution < -0.4 is 15.3 Å². The number of para-hydroxylation sites is 1. The van der Waals surface area contributed by atoms with E-state index >= 15 is 0 Å². The normalized spacial score (nSPS) is 19.1. The highest BCUT2D eigenvalue weighted by Gasteiger charge is 2.18. The highest BCUT2D eigenvalue weighted by atomic mass is 31.1. The van der Waals surface area contributed by atoms with Gasteiger partial charge in [-0.15, -0.1) is 0 Å². The van der Waals surface area contributed by atoms with E-state index in [0.29, 0.717) is 14.5 Å². The molecule has 32 heavy (non-hydrogen) atoms. The van der Waals surface area contributed by atoms with Crippen molar-refractivity contribution in [3.63, 3.8) is 0 Å². The standard InChI is InChI=1S/C28H36NO2P/c1-22-11-9-15-25(20-29-17-7-4-8-18-29)28(22)32-26-16-10-14-24(27(26)31-21-30-2)19-23-12-5-3-6-13-23/h3,5-6,9-12,14-16,23,32H,4,7-8,13,17-21H2,1-2H3. The van der Waals surface area contributed by atoms with Crippen molar-refractivity contribution in [2.75, 3.05) is 27.0 Å². The lowest BCUT2D eigenvalue weighted by Crippen LogP contribution is -2.31. The number of allylic oxidation sites excluding steroid dienone is 4. The summed E-state index contributed by atoms with van der Waals surface area (Å²) in [5.41, 5.74) is 4.12. The molecule has 2 aromatic rings. The summed E-state index contributed by atoms with van der Waals surface area (Å²) in [6.07, 6.45) is 15.0. The Morgan fingerprint density at radius 1 is 1.00 bits per heavy atom. The van der Waals surface area contributed by atoms with Gasteiger partial charge in [-0.25, -0.2) is 0 Å². The van der Waals surface area contributed by atoms with Crippen LogP contribution in [0.5, 0.6) is 5.75 Å². The van der Waals surface area contributed by atoms with E-state index in [-0.39, 0.29) is 6.79 Å². The van der Waals surface area contributed by atoms with Crippen molar-refractivity contribution in [1.82, 2.24) is 4.90 Å². The maximum absolute atomic E-state index is 6.19. The molecule has 170 valence electrons. The van der Waals surface area contributed by atoms with E-state index in [1.807, 2.05) is 0 Å². The van der Waals surface area contributed by atoms with Crippen LogP contribution in [-0.4, -0.2) is 31.9 Å². The fraction of sp³-hybridized carbons (Fsp3) is 0.429. The molecule has 0 radical (unpaired) electrons. The van der Waals surface area contributed by atoms with E-state index in [9.17, 15) is 0 Å². The second kappa shape index (κ2) is 11.8. The van der Waals surface area contributed by atoms with Crippen molar-refractivity contribution in [2.24, 2.45) is 5.92 Å². The maximum Gasteiger partial charge on any atom is 0.188 e. The van der Waals surface area contributed by atoms with Crippen molar-refractivity contribution >= 4 is 19.2 Å². The molecule has 0 N–H and O–H groups in total. The Labute approximate surface area is 195 Å². The molecule has 2 aliphatic rings. The van der Waals surface area contributed by atoms with Crippen molar-refractivity contribution in [2.45, 2.75) is 45.6 Å². The van der Waals surface area contributed by atoms with E-state index in [1.54, 1.807) is 7.11 Å². The number of hydrogen-bond donors (Lipinski definition) is 0. The molecule has 4 heteroatoms. The van der Waals surface area contributed by atoms with E-state index in [1.165, 1.54) is 59.7 Å². The van der Waals surface area contributed by atoms with E-state index in [0.717, 1.165) is 25.1 Å². The maximum atomic E-state index is 6.19. The van der Waals surface area contributed by atoms with Gasteiger partial charge in [0.25, 0.3) is 0 Å². The van der Waals surface area contributed by atoms with Crippen LogP contribution in [0.25, 0.3) is 0 Å². The van der Waals surface area contributed by atoms with Gasteiger partial charge in [0.1, 0.15) is 5.75 Å². The fourth-order valence-corrected chi connectivity index (χ4v) is 6.13. The van der Waals surface area contributed by atoms with Crippen LogP contribution in [0.4, 0.5) is 0 Å². The number of aryl methyl sites for hydroxylation is 1. The lowest BCUT2D eigenvalue weighted by atomic mass is 9.93. The van der Waals surface area contributed by atoms with Crippen molar-refractivity contribution in [1.29, 1.82) is 0 Å². The third kappa shape index (κ3) is 6.10. The molecule has 1 heterocycles. The predicted molar refractivity (Wildman–Crippen MR) is 137 cm³/mol. The van der Waals surface area contributed by atoms with Crippen LogP contribution in [0.1, 0.15) is 42.4 Å². The monoisotopic (exact) mass is 449 g/mol. The number of likely N-dealkylation sites (tertiary alicyclic amines) is 1. The van der Waals surface area contributed by atoms with Gasteiger partial charge in [0, 0.05) is 19.0 Å². The van der Waals surface area contributed by atoms with Crippen LogP contribution in [0.15, 0.2) is 60.7 Å². The topological polar surface area (TPSA) is 21.7 Å². The zero-order valence-electron chi connectivity index (χ0n) is 19.5. The lowest BCUT2D eigenvalue weighted by molar-refractivity contribution is 0.0511. The van der Waals surface area contributed by atoms with Gasteiger partial charge in [0.05, 0.1) is 0 Å². The molecule has 0 bridgehead atoms. The minimum atomic E-state index is 0.281. The quantitative estimate of drug-likeness (QED) is 0.385. The molecule has 1 aliphatic carbocycles. The smallest absolute Gasteiger partial charge is 0.188 e. The average molecular weight is 450 g/mol. The Hall–Kier alpha value is -1.93. The molecule has 3 nitrogen and oxygen atoms in total. The minimum Gasteiger partial charge on any atom is -0.467 e. The van der Waals surface area contributed by atoms with Crippen molar-refractivity contribution in [3.05, 3.63) is 77.4 Å². The summed E-state index contributed by atoms with van der Waals surface area (Å²) in [7, 11) is 2.27. The SMILES string of the molecule is COCOc1c(CC2C=CC=CC2)cccc1Pc1c(C)cccc1CN1CCCCC1. The summed E-state index contributed by atoms with van der Waals surface area (Å²) in [6, 6.07) is 13.4. The van der Waals surface area contributed by atoms with Gasteiger partial charge in [-0.2, -0.15) is 0 Å². The first-order valence-electron chi connectivity index (χ1n) is 11.9. The largest absolute Gasteiger partial charge is 0.467 e. The van der Waals surface area contributed by atoms with Gasteiger partial charge in [-0.1, -0.05) is 75.7 Å². The molecular formula is C28H36NO2P. The van der Waals surface area contributed by atoms with Crippen LogP contribution in [0.3, 0.4) is 0 Å². The number of hydrogen-bond acceptors (Lipinski definition) is 3. The molecule has 2 aromatic carbocycles. The predicted octanol–water partition coefficient (Wildman–Crippen LogP) is 5.27. The molecule has 1 fully saturated rings. The third-order valence-electron chi connectivity index (χ3n) is 6.43. The Morgan fingerprint density at radius 2 is 1.81 bits per heavy atom. The second-order valence-corrected chi connectivity index (χ2v) is 10.2. The Kier molecular flexibility index (Phi) is 8.56. The average Bonchev–Trinajstić information content (AvgIpc) is 2.82. The number of benzene rings is 2. The van der Waals surface area contributed by atoms with E-state index < -0.39 is 0 Å². The summed E-state index contributed by atoms with van der Waals surface area (Å²) in [5.74, 6) is 1.54. The van der Waals surface area contributed by atoms with Gasteiger partial charge < -0.3 is 9.47 Å². The third-order valence-corrected chi connectivity index (χ3v) is 8.06. The molecule has 1 saturated heterocycles. The van der Waals surface area contributed by atoms with Crippen molar-refractivity contribution < 1.29 is 9.47 Å². The lowest BCUT2D eigenvalue weighted by Gasteiger charge is -2.28. The molecular weight excluding hydrogens is 413 g/mol. The van der Waals surface area contributed by atoms with Crippen LogP contribution in [0.2, 0.25) is 0 Å². The molecule has 0 spiro atoms. The number of nitrogens with zero attached hydrogens (tertiary/aromatic N) is 1. The van der Waals surface area contributed by atoms with Crippen molar-refractivity contribution in [3.8, 4) is 5.75 Å². The zero-order chi connectivity index (χ0) is 22.2. The summed E-state index contributed by atoms with van der Waals surface area (Å²) in [6.45, 7) is 6.02. The van der Waals surface area contributed by atoms with Gasteiger partial charge in [-0.3, -0.25) is 4.90 Å². The number of ether oxygens (including phenoxy) is 2. The Bertz CT molecular complexity index is 946. The van der Waals surface area contributed by atoms with Crippen LogP contribution in [0, 0.1) is 12.8 Å². The van der Waals surface area contributed by atoms with E-state index in [4.69, 9.17) is 9.47 Å². The number of methoxy groups -OCH3 is 1. The molecule has 0 amide bonds. The molecule has 0 aromatic heterocycles. The second-order valence-electron chi connectivity index (χ2n) is 8.93. The van der Waals surface area contributed by atoms with Gasteiger partial charge >= 0.3 is 0 Å². The van der Waals surface area contributed by atoms with Gasteiger partial charge in [0.2, 0.25) is 0 Å². The summed E-state index contributed by atoms with van der Waals surface area (Å²) in [5, 5.41) is 2.75. The van der Waals surface area contributed by atoms with E-state index in [2.05, 4.69) is 72.5 Å². The van der Waals surface area contributed by atoms with Crippen LogP contribution in [-0.2, 0) is 17.7 Å². The molecule has 2 unspecified atom stereocenters. The Morgan fingerprint density at radius 3 is 2.59 bits per heavy atom. The zero-order valence-corrected chi connectivity index (χ0v) is 20.5. The van der Waals surface area contributed by atoms with Crippen LogP contribution >= 0.6 is 8.58 Å². The molecule has 1 aliphatic heterocycles. The molecule has 4 rings (SSSR count). The summed E-state index contributed by atoms with van der Waals surface area (Å²) < 4.78 is 11.5. The minimum absolute atomic E-state index is 0.281. The summed E-state index contributed by atoms with van der Waals surface area (Å²) >= 11 is 0. The highest BCUT2D eigenvalue weighted by molar-refractivity contribution is 7.56. The number of piperidine rings is 1. The fourth-order valence-electron chi connectivity index (χ4n) is 4.73. The number of rotatable bonds is 9.